The summed E-state index contributed by atoms with van der Waals surface area (Å²) >= 11 is 12.9. The molecule has 0 unspecified atom stereocenters. The summed E-state index contributed by atoms with van der Waals surface area (Å²) in [7, 11) is 0. The van der Waals surface area contributed by atoms with Crippen LogP contribution in [0.1, 0.15) is 28.9 Å². The summed E-state index contributed by atoms with van der Waals surface area (Å²) in [6.07, 6.45) is 3.37. The molecular weight excluding hydrogens is 291 g/mol. The molecule has 0 bridgehead atoms. The quantitative estimate of drug-likeness (QED) is 0.933. The van der Waals surface area contributed by atoms with Crippen LogP contribution in [-0.2, 0) is 0 Å². The van der Waals surface area contributed by atoms with Crippen molar-refractivity contribution < 1.29 is 4.79 Å². The minimum atomic E-state index is -0.229. The van der Waals surface area contributed by atoms with Gasteiger partial charge in [-0.15, -0.1) is 11.3 Å². The molecule has 6 heteroatoms. The van der Waals surface area contributed by atoms with Crippen molar-refractivity contribution in [1.82, 2.24) is 10.3 Å². The highest BCUT2D eigenvalue weighted by molar-refractivity contribution is 7.20. The van der Waals surface area contributed by atoms with Gasteiger partial charge in [0.2, 0.25) is 0 Å². The SMILES string of the molecule is C[C@H](NC(=O)c1cc(Cl)sc1Cl)c1ccncc1. The van der Waals surface area contributed by atoms with Crippen LogP contribution in [0.4, 0.5) is 0 Å². The normalized spacial score (nSPS) is 12.2. The van der Waals surface area contributed by atoms with Crippen LogP contribution in [0.3, 0.4) is 0 Å². The number of hydrogen-bond acceptors (Lipinski definition) is 3. The van der Waals surface area contributed by atoms with Gasteiger partial charge < -0.3 is 5.32 Å². The Labute approximate surface area is 119 Å². The number of carbonyl (C=O) groups is 1. The fourth-order valence-electron chi connectivity index (χ4n) is 1.50. The molecule has 0 aliphatic carbocycles. The third-order valence-electron chi connectivity index (χ3n) is 2.46. The maximum absolute atomic E-state index is 12.0. The van der Waals surface area contributed by atoms with E-state index in [1.165, 1.54) is 11.3 Å². The van der Waals surface area contributed by atoms with Gasteiger partial charge in [0.25, 0.3) is 5.91 Å². The number of halogens is 2. The van der Waals surface area contributed by atoms with Gasteiger partial charge in [0.05, 0.1) is 15.9 Å². The number of thiophene rings is 1. The molecule has 2 aromatic heterocycles. The first-order chi connectivity index (χ1) is 8.58. The number of hydrogen-bond donors (Lipinski definition) is 1. The Balaban J connectivity index is 2.10. The van der Waals surface area contributed by atoms with Gasteiger partial charge in [-0.2, -0.15) is 0 Å². The lowest BCUT2D eigenvalue weighted by molar-refractivity contribution is 0.0940. The summed E-state index contributed by atoms with van der Waals surface area (Å²) in [5, 5.41) is 2.86. The van der Waals surface area contributed by atoms with Crippen LogP contribution in [-0.4, -0.2) is 10.9 Å². The number of aromatic nitrogens is 1. The van der Waals surface area contributed by atoms with Crippen molar-refractivity contribution in [3.63, 3.8) is 0 Å². The maximum atomic E-state index is 12.0. The van der Waals surface area contributed by atoms with E-state index in [0.29, 0.717) is 14.2 Å². The molecule has 0 saturated heterocycles. The molecule has 1 atom stereocenters. The van der Waals surface area contributed by atoms with Crippen LogP contribution >= 0.6 is 34.5 Å². The first-order valence-electron chi connectivity index (χ1n) is 5.23. The van der Waals surface area contributed by atoms with Crippen molar-refractivity contribution in [3.05, 3.63) is 50.4 Å². The molecule has 2 heterocycles. The molecule has 2 aromatic rings. The number of nitrogens with one attached hydrogen (secondary N) is 1. The fourth-order valence-corrected chi connectivity index (χ4v) is 2.96. The maximum Gasteiger partial charge on any atom is 0.254 e. The smallest absolute Gasteiger partial charge is 0.254 e. The standard InChI is InChI=1S/C12H10Cl2N2OS/c1-7(8-2-4-15-5-3-8)16-12(17)9-6-10(13)18-11(9)14/h2-7H,1H3,(H,16,17)/t7-/m0/s1. The van der Waals surface area contributed by atoms with Gasteiger partial charge in [-0.25, -0.2) is 0 Å². The predicted octanol–water partition coefficient (Wildman–Crippen LogP) is 3.94. The second kappa shape index (κ2) is 5.69. The molecule has 0 radical (unpaired) electrons. The summed E-state index contributed by atoms with van der Waals surface area (Å²) in [6, 6.07) is 5.17. The first-order valence-corrected chi connectivity index (χ1v) is 6.81. The van der Waals surface area contributed by atoms with E-state index in [1.54, 1.807) is 18.5 Å². The molecule has 3 nitrogen and oxygen atoms in total. The number of pyridine rings is 1. The van der Waals surface area contributed by atoms with Crippen LogP contribution in [0.2, 0.25) is 8.67 Å². The van der Waals surface area contributed by atoms with E-state index in [2.05, 4.69) is 10.3 Å². The van der Waals surface area contributed by atoms with Gasteiger partial charge in [-0.1, -0.05) is 23.2 Å². The highest BCUT2D eigenvalue weighted by Gasteiger charge is 2.16. The molecule has 1 amide bonds. The molecule has 0 spiro atoms. The number of nitrogens with zero attached hydrogens (tertiary/aromatic N) is 1. The molecule has 94 valence electrons. The summed E-state index contributed by atoms with van der Waals surface area (Å²) in [5.74, 6) is -0.229. The van der Waals surface area contributed by atoms with Crippen LogP contribution in [0.25, 0.3) is 0 Å². The summed E-state index contributed by atoms with van der Waals surface area (Å²) < 4.78 is 0.904. The third kappa shape index (κ3) is 3.02. The molecule has 2 rings (SSSR count). The Bertz CT molecular complexity index is 556. The third-order valence-corrected chi connectivity index (χ3v) is 3.94. The molecule has 0 aromatic carbocycles. The minimum absolute atomic E-state index is 0.116. The Hall–Kier alpha value is -1.10. The molecule has 0 fully saturated rings. The van der Waals surface area contributed by atoms with Gasteiger partial charge in [0, 0.05) is 12.4 Å². The highest BCUT2D eigenvalue weighted by Crippen LogP contribution is 2.31. The lowest BCUT2D eigenvalue weighted by Crippen LogP contribution is -2.26. The van der Waals surface area contributed by atoms with Crippen LogP contribution in [0.15, 0.2) is 30.6 Å². The number of amides is 1. The lowest BCUT2D eigenvalue weighted by atomic mass is 10.1. The Kier molecular flexibility index (Phi) is 4.22. The fraction of sp³-hybridized carbons (Fsp3) is 0.167. The van der Waals surface area contributed by atoms with E-state index >= 15 is 0 Å². The zero-order valence-electron chi connectivity index (χ0n) is 9.48. The lowest BCUT2D eigenvalue weighted by Gasteiger charge is -2.13. The Morgan fingerprint density at radius 1 is 1.39 bits per heavy atom. The minimum Gasteiger partial charge on any atom is -0.345 e. The summed E-state index contributed by atoms with van der Waals surface area (Å²) in [4.78, 5) is 15.9. The Morgan fingerprint density at radius 2 is 2.06 bits per heavy atom. The average Bonchev–Trinajstić information content (AvgIpc) is 2.69. The van der Waals surface area contributed by atoms with E-state index in [-0.39, 0.29) is 11.9 Å². The molecule has 0 aliphatic heterocycles. The summed E-state index contributed by atoms with van der Waals surface area (Å²) in [6.45, 7) is 1.90. The van der Waals surface area contributed by atoms with Crippen molar-refractivity contribution in [2.75, 3.05) is 0 Å². The van der Waals surface area contributed by atoms with Gasteiger partial charge in [-0.3, -0.25) is 9.78 Å². The predicted molar refractivity (Wildman–Crippen MR) is 74.5 cm³/mol. The largest absolute Gasteiger partial charge is 0.345 e. The van der Waals surface area contributed by atoms with Crippen LogP contribution < -0.4 is 5.32 Å². The van der Waals surface area contributed by atoms with E-state index < -0.39 is 0 Å². The molecule has 18 heavy (non-hydrogen) atoms. The first kappa shape index (κ1) is 13.3. The van der Waals surface area contributed by atoms with Crippen molar-refractivity contribution in [3.8, 4) is 0 Å². The van der Waals surface area contributed by atoms with E-state index in [4.69, 9.17) is 23.2 Å². The van der Waals surface area contributed by atoms with Crippen molar-refractivity contribution >= 4 is 40.4 Å². The molecule has 0 saturated carbocycles. The molecule has 1 N–H and O–H groups in total. The zero-order chi connectivity index (χ0) is 13.1. The van der Waals surface area contributed by atoms with Gasteiger partial charge >= 0.3 is 0 Å². The van der Waals surface area contributed by atoms with Gasteiger partial charge in [0.1, 0.15) is 4.34 Å². The topological polar surface area (TPSA) is 42.0 Å². The van der Waals surface area contributed by atoms with Crippen LogP contribution in [0, 0.1) is 0 Å². The monoisotopic (exact) mass is 300 g/mol. The second-order valence-corrected chi connectivity index (χ2v) is 6.00. The van der Waals surface area contributed by atoms with Crippen molar-refractivity contribution in [2.24, 2.45) is 0 Å². The summed E-state index contributed by atoms with van der Waals surface area (Å²) in [5.41, 5.74) is 1.39. The van der Waals surface area contributed by atoms with Crippen molar-refractivity contribution in [2.45, 2.75) is 13.0 Å². The zero-order valence-corrected chi connectivity index (χ0v) is 11.8. The second-order valence-electron chi connectivity index (χ2n) is 3.71. The number of rotatable bonds is 3. The average molecular weight is 301 g/mol. The molecule has 0 aliphatic rings. The van der Waals surface area contributed by atoms with E-state index in [1.807, 2.05) is 19.1 Å². The Morgan fingerprint density at radius 3 is 2.61 bits per heavy atom. The molecular formula is C12H10Cl2N2OS. The highest BCUT2D eigenvalue weighted by atomic mass is 35.5. The van der Waals surface area contributed by atoms with Crippen LogP contribution in [0.5, 0.6) is 0 Å². The van der Waals surface area contributed by atoms with E-state index in [9.17, 15) is 4.79 Å². The van der Waals surface area contributed by atoms with Crippen molar-refractivity contribution in [1.29, 1.82) is 0 Å². The van der Waals surface area contributed by atoms with Gasteiger partial charge in [-0.05, 0) is 30.7 Å². The number of carbonyl (C=O) groups excluding carboxylic acids is 1. The van der Waals surface area contributed by atoms with Gasteiger partial charge in [0.15, 0.2) is 0 Å². The van der Waals surface area contributed by atoms with E-state index in [0.717, 1.165) is 5.56 Å².